The third-order valence-electron chi connectivity index (χ3n) is 6.04. The van der Waals surface area contributed by atoms with E-state index in [1.807, 2.05) is 25.1 Å². The molecule has 2 aromatic carbocycles. The highest BCUT2D eigenvalue weighted by Gasteiger charge is 2.22. The van der Waals surface area contributed by atoms with Crippen LogP contribution in [0.4, 0.5) is 0 Å². The number of fused-ring (bicyclic) bond motifs is 1. The van der Waals surface area contributed by atoms with Gasteiger partial charge in [0.1, 0.15) is 5.82 Å². The fraction of sp³-hybridized carbons (Fsp3) is 0.400. The number of nitrogens with zero attached hydrogens (tertiary/aromatic N) is 3. The van der Waals surface area contributed by atoms with Crippen LogP contribution in [0.25, 0.3) is 10.9 Å². The predicted octanol–water partition coefficient (Wildman–Crippen LogP) is 7.68. The summed E-state index contributed by atoms with van der Waals surface area (Å²) >= 11 is 13.5. The first-order valence-electron chi connectivity index (χ1n) is 11.3. The van der Waals surface area contributed by atoms with Crippen LogP contribution in [0.3, 0.4) is 0 Å². The van der Waals surface area contributed by atoms with E-state index >= 15 is 0 Å². The van der Waals surface area contributed by atoms with Gasteiger partial charge in [-0.25, -0.2) is 4.98 Å². The van der Waals surface area contributed by atoms with Crippen molar-refractivity contribution in [2.75, 3.05) is 0 Å². The average molecular weight is 596 g/mol. The first-order chi connectivity index (χ1) is 15.9. The van der Waals surface area contributed by atoms with E-state index in [9.17, 15) is 4.79 Å². The summed E-state index contributed by atoms with van der Waals surface area (Å²) in [5, 5.41) is 5.63. The maximum atomic E-state index is 13.4. The molecule has 4 rings (SSSR count). The summed E-state index contributed by atoms with van der Waals surface area (Å²) in [5.41, 5.74) is 1.30. The molecule has 1 aliphatic rings. The minimum Gasteiger partial charge on any atom is -0.488 e. The lowest BCUT2D eigenvalue weighted by Gasteiger charge is -2.22. The molecule has 0 saturated heterocycles. The van der Waals surface area contributed by atoms with E-state index in [1.165, 1.54) is 11.1 Å². The van der Waals surface area contributed by atoms with Gasteiger partial charge in [-0.2, -0.15) is 9.78 Å². The molecule has 0 spiro atoms. The zero-order chi connectivity index (χ0) is 23.5. The van der Waals surface area contributed by atoms with Crippen molar-refractivity contribution in [3.05, 3.63) is 66.0 Å². The van der Waals surface area contributed by atoms with Crippen LogP contribution in [0, 0.1) is 0 Å². The van der Waals surface area contributed by atoms with Crippen LogP contribution in [0.15, 0.2) is 49.2 Å². The summed E-state index contributed by atoms with van der Waals surface area (Å²) in [6.45, 7) is 4.06. The number of benzene rings is 2. The highest BCUT2D eigenvalue weighted by molar-refractivity contribution is 9.10. The van der Waals surface area contributed by atoms with Gasteiger partial charge in [0.2, 0.25) is 0 Å². The molecule has 1 saturated carbocycles. The Morgan fingerprint density at radius 1 is 1.24 bits per heavy atom. The number of halogens is 3. The van der Waals surface area contributed by atoms with E-state index < -0.39 is 0 Å². The topological polar surface area (TPSA) is 56.5 Å². The van der Waals surface area contributed by atoms with E-state index in [0.29, 0.717) is 21.7 Å². The van der Waals surface area contributed by atoms with Crippen molar-refractivity contribution in [3.63, 3.8) is 0 Å². The molecule has 0 radical (unpaired) electrons. The Kier molecular flexibility index (Phi) is 7.92. The molecule has 1 fully saturated rings. The molecule has 174 valence electrons. The Morgan fingerprint density at radius 3 is 2.70 bits per heavy atom. The van der Waals surface area contributed by atoms with Crippen molar-refractivity contribution in [2.45, 2.75) is 64.4 Å². The Labute approximate surface area is 215 Å². The molecule has 1 atom stereocenters. The summed E-state index contributed by atoms with van der Waals surface area (Å²) < 4.78 is 8.98. The van der Waals surface area contributed by atoms with E-state index in [4.69, 9.17) is 21.3 Å². The van der Waals surface area contributed by atoms with Crippen molar-refractivity contribution in [1.82, 2.24) is 9.66 Å². The summed E-state index contributed by atoms with van der Waals surface area (Å²) in [4.78, 5) is 18.3. The maximum absolute atomic E-state index is 13.4. The number of hydrogen-bond donors (Lipinski definition) is 0. The normalized spacial score (nSPS) is 15.9. The minimum absolute atomic E-state index is 0.0537. The largest absolute Gasteiger partial charge is 0.488 e. The Bertz CT molecular complexity index is 1230. The molecule has 0 unspecified atom stereocenters. The molecule has 1 heterocycles. The molecule has 8 heteroatoms. The lowest BCUT2D eigenvalue weighted by atomic mass is 9.88. The number of ether oxygens (including phenoxy) is 1. The van der Waals surface area contributed by atoms with Crippen molar-refractivity contribution >= 4 is 60.6 Å². The van der Waals surface area contributed by atoms with Gasteiger partial charge in [0.15, 0.2) is 5.75 Å². The van der Waals surface area contributed by atoms with E-state index in [1.54, 1.807) is 18.3 Å². The molecular formula is C25H26Br2ClN3O2. The van der Waals surface area contributed by atoms with Gasteiger partial charge in [0.25, 0.3) is 5.56 Å². The SMILES string of the molecule is CC[C@H](C)Oc1c(Cl)cc(C=Nn2c(C3CCCCC3)nc3ccc(Br)cc3c2=O)cc1Br. The first kappa shape index (κ1) is 24.4. The standard InChI is InChI=1S/C25H26Br2ClN3O2/c1-3-15(2)33-23-20(27)11-16(12-21(23)28)14-29-31-24(17-7-5-4-6-8-17)30-22-10-9-18(26)13-19(22)25(31)32/h9-15,17H,3-8H2,1-2H3/t15-/m0/s1. The van der Waals surface area contributed by atoms with Crippen LogP contribution in [0.2, 0.25) is 5.02 Å². The first-order valence-corrected chi connectivity index (χ1v) is 13.3. The number of hydrogen-bond acceptors (Lipinski definition) is 4. The molecular weight excluding hydrogens is 570 g/mol. The van der Waals surface area contributed by atoms with E-state index in [-0.39, 0.29) is 17.6 Å². The molecule has 3 aromatic rings. The molecule has 0 N–H and O–H groups in total. The fourth-order valence-corrected chi connectivity index (χ4v) is 5.40. The van der Waals surface area contributed by atoms with Crippen molar-refractivity contribution < 1.29 is 4.74 Å². The van der Waals surface area contributed by atoms with Gasteiger partial charge in [-0.3, -0.25) is 4.79 Å². The van der Waals surface area contributed by atoms with Crippen LogP contribution in [-0.2, 0) is 0 Å². The van der Waals surface area contributed by atoms with Crippen LogP contribution in [0.5, 0.6) is 5.75 Å². The lowest BCUT2D eigenvalue weighted by Crippen LogP contribution is -2.25. The second kappa shape index (κ2) is 10.7. The van der Waals surface area contributed by atoms with Gasteiger partial charge in [0, 0.05) is 10.4 Å². The van der Waals surface area contributed by atoms with E-state index in [2.05, 4.69) is 43.9 Å². The summed E-state index contributed by atoms with van der Waals surface area (Å²) in [7, 11) is 0. The minimum atomic E-state index is -0.167. The van der Waals surface area contributed by atoms with Gasteiger partial charge in [-0.15, -0.1) is 0 Å². The molecule has 1 aliphatic carbocycles. The maximum Gasteiger partial charge on any atom is 0.282 e. The second-order valence-electron chi connectivity index (χ2n) is 8.48. The zero-order valence-corrected chi connectivity index (χ0v) is 22.6. The summed E-state index contributed by atoms with van der Waals surface area (Å²) in [6.07, 6.45) is 8.13. The highest BCUT2D eigenvalue weighted by Crippen LogP contribution is 2.35. The van der Waals surface area contributed by atoms with Gasteiger partial charge >= 0.3 is 0 Å². The summed E-state index contributed by atoms with van der Waals surface area (Å²) in [6, 6.07) is 9.28. The quantitative estimate of drug-likeness (QED) is 0.275. The van der Waals surface area contributed by atoms with E-state index in [0.717, 1.165) is 52.4 Å². The highest BCUT2D eigenvalue weighted by atomic mass is 79.9. The van der Waals surface area contributed by atoms with Crippen LogP contribution in [-0.4, -0.2) is 22.0 Å². The molecule has 0 amide bonds. The molecule has 0 bridgehead atoms. The Hall–Kier alpha value is -1.70. The van der Waals surface area contributed by atoms with Crippen molar-refractivity contribution in [3.8, 4) is 5.75 Å². The lowest BCUT2D eigenvalue weighted by molar-refractivity contribution is 0.216. The molecule has 5 nitrogen and oxygen atoms in total. The molecule has 33 heavy (non-hydrogen) atoms. The number of rotatable bonds is 6. The predicted molar refractivity (Wildman–Crippen MR) is 142 cm³/mol. The fourth-order valence-electron chi connectivity index (χ4n) is 4.08. The summed E-state index contributed by atoms with van der Waals surface area (Å²) in [5.74, 6) is 1.56. The van der Waals surface area contributed by atoms with Gasteiger partial charge in [-0.1, -0.05) is 53.7 Å². The average Bonchev–Trinajstić information content (AvgIpc) is 2.81. The zero-order valence-electron chi connectivity index (χ0n) is 18.7. The Morgan fingerprint density at radius 2 is 2.00 bits per heavy atom. The second-order valence-corrected chi connectivity index (χ2v) is 10.7. The number of aromatic nitrogens is 2. The smallest absolute Gasteiger partial charge is 0.282 e. The van der Waals surface area contributed by atoms with Gasteiger partial charge in [-0.05, 0) is 78.0 Å². The van der Waals surface area contributed by atoms with Gasteiger partial charge < -0.3 is 4.74 Å². The molecule has 0 aliphatic heterocycles. The van der Waals surface area contributed by atoms with Crippen LogP contribution < -0.4 is 10.3 Å². The monoisotopic (exact) mass is 593 g/mol. The molecule has 1 aromatic heterocycles. The van der Waals surface area contributed by atoms with Crippen LogP contribution >= 0.6 is 43.5 Å². The van der Waals surface area contributed by atoms with Crippen molar-refractivity contribution in [1.29, 1.82) is 0 Å². The Balaban J connectivity index is 1.77. The third kappa shape index (κ3) is 5.52. The van der Waals surface area contributed by atoms with Crippen LogP contribution in [0.1, 0.15) is 69.7 Å². The van der Waals surface area contributed by atoms with Gasteiger partial charge in [0.05, 0.1) is 32.7 Å². The van der Waals surface area contributed by atoms with Crippen molar-refractivity contribution in [2.24, 2.45) is 5.10 Å². The third-order valence-corrected chi connectivity index (χ3v) is 7.40.